The average molecular weight is 1580 g/mol. The molecule has 11 heterocycles. The van der Waals surface area contributed by atoms with Crippen LogP contribution in [0.1, 0.15) is 96.9 Å². The van der Waals surface area contributed by atoms with Gasteiger partial charge in [-0.05, 0) is 138 Å². The molecule has 5 aromatic carbocycles. The van der Waals surface area contributed by atoms with Crippen molar-refractivity contribution in [2.24, 2.45) is 0 Å². The average Bonchev–Trinajstić information content (AvgIpc) is 1.61. The molecule has 4 aliphatic heterocycles. The number of rotatable bonds is 9. The van der Waals surface area contributed by atoms with Crippen molar-refractivity contribution in [1.29, 1.82) is 0 Å². The first-order valence-electron chi connectivity index (χ1n) is 35.3. The van der Waals surface area contributed by atoms with E-state index in [2.05, 4.69) is 76.6 Å². The predicted molar refractivity (Wildman–Crippen MR) is 396 cm³/mol. The zero-order valence-electron chi connectivity index (χ0n) is 61.2. The van der Waals surface area contributed by atoms with Gasteiger partial charge in [0.15, 0.2) is 34.9 Å². The van der Waals surface area contributed by atoms with E-state index < -0.39 is 52.7 Å². The Morgan fingerprint density at radius 3 is 1.21 bits per heavy atom. The van der Waals surface area contributed by atoms with Crippen molar-refractivity contribution >= 4 is 64.2 Å². The second-order valence-electron chi connectivity index (χ2n) is 26.9. The minimum Gasteiger partial charge on any atom is -0.356 e. The summed E-state index contributed by atoms with van der Waals surface area (Å²) in [5, 5.41) is 27.0. The monoisotopic (exact) mass is 1580 g/mol. The number of benzene rings is 5. The third kappa shape index (κ3) is 17.3. The molecule has 0 saturated carbocycles. The van der Waals surface area contributed by atoms with E-state index in [9.17, 15) is 54.3 Å². The van der Waals surface area contributed by atoms with Gasteiger partial charge in [-0.3, -0.25) is 0 Å². The summed E-state index contributed by atoms with van der Waals surface area (Å²) in [4.78, 5) is 85.9. The Hall–Kier alpha value is -13.5. The van der Waals surface area contributed by atoms with Crippen molar-refractivity contribution in [3.8, 4) is 46.1 Å². The van der Waals surface area contributed by atoms with Crippen LogP contribution in [0.3, 0.4) is 0 Å². The summed E-state index contributed by atoms with van der Waals surface area (Å²) in [6.07, 6.45) is 9.86. The number of halogens is 9. The number of fused-ring (bicyclic) bond motifs is 4. The molecule has 584 valence electrons. The Bertz CT molecular complexity index is 5460. The number of alkyl halides is 1. The second kappa shape index (κ2) is 34.0. The number of anilines is 4. The molecular formula is C78H66ClF8N19O8. The highest BCUT2D eigenvalue weighted by molar-refractivity contribution is 6.31. The molecule has 0 radical (unpaired) electrons. The molecular weight excluding hydrogens is 1520 g/mol. The Morgan fingerprint density at radius 2 is 0.825 bits per heavy atom. The van der Waals surface area contributed by atoms with E-state index >= 15 is 0 Å². The molecule has 36 heteroatoms. The molecule has 5 atom stereocenters. The van der Waals surface area contributed by atoms with E-state index in [-0.39, 0.29) is 88.9 Å². The van der Waals surface area contributed by atoms with Crippen LogP contribution in [-0.4, -0.2) is 118 Å². The van der Waals surface area contributed by atoms with Gasteiger partial charge in [0.05, 0.1) is 66.1 Å². The van der Waals surface area contributed by atoms with Gasteiger partial charge in [-0.1, -0.05) is 32.2 Å². The third-order valence-electron chi connectivity index (χ3n) is 19.0. The Kier molecular flexibility index (Phi) is 23.4. The van der Waals surface area contributed by atoms with Crippen molar-refractivity contribution in [1.82, 2.24) is 70.1 Å². The number of aryl methyl sites for hydroxylation is 1. The van der Waals surface area contributed by atoms with Crippen LogP contribution in [0.2, 0.25) is 5.02 Å². The lowest BCUT2D eigenvalue weighted by molar-refractivity contribution is 0.181. The first-order valence-corrected chi connectivity index (χ1v) is 35.6. The molecule has 27 nitrogen and oxygen atoms in total. The summed E-state index contributed by atoms with van der Waals surface area (Å²) >= 11 is 5.78. The summed E-state index contributed by atoms with van der Waals surface area (Å²) in [6, 6.07) is 20.1. The molecule has 0 saturated heterocycles. The molecule has 0 spiro atoms. The van der Waals surface area contributed by atoms with Crippen LogP contribution >= 0.6 is 11.6 Å². The Labute approximate surface area is 648 Å². The zero-order valence-corrected chi connectivity index (χ0v) is 62.0. The van der Waals surface area contributed by atoms with Gasteiger partial charge in [0, 0.05) is 150 Å². The molecule has 4 aliphatic rings. The maximum absolute atomic E-state index is 14.3. The summed E-state index contributed by atoms with van der Waals surface area (Å²) in [5.74, 6) is -2.93. The maximum atomic E-state index is 14.3. The van der Waals surface area contributed by atoms with E-state index in [1.165, 1.54) is 47.4 Å². The van der Waals surface area contributed by atoms with Gasteiger partial charge < -0.3 is 59.0 Å². The number of nitrogens with one attached hydrogen (secondary N) is 4. The molecule has 114 heavy (non-hydrogen) atoms. The second-order valence-corrected chi connectivity index (χ2v) is 27.3. The highest BCUT2D eigenvalue weighted by atomic mass is 35.5. The molecule has 0 fully saturated rings. The minimum atomic E-state index is -1.78. The van der Waals surface area contributed by atoms with E-state index in [0.717, 1.165) is 65.0 Å². The number of aromatic nitrogens is 10. The Morgan fingerprint density at radius 1 is 0.456 bits per heavy atom. The van der Waals surface area contributed by atoms with Crippen molar-refractivity contribution < 1.29 is 72.4 Å². The van der Waals surface area contributed by atoms with Crippen LogP contribution < -0.4 is 21.3 Å². The van der Waals surface area contributed by atoms with Gasteiger partial charge in [0.25, 0.3) is 0 Å². The first-order chi connectivity index (χ1) is 54.8. The minimum absolute atomic E-state index is 0.00255. The third-order valence-corrected chi connectivity index (χ3v) is 19.3. The molecule has 0 bridgehead atoms. The van der Waals surface area contributed by atoms with Crippen molar-refractivity contribution in [2.45, 2.75) is 124 Å². The summed E-state index contributed by atoms with van der Waals surface area (Å²) < 4.78 is 131. The SMILES string of the molecule is CC(F)c1cc(NC(=O)N2Cc3c(noc3-c3ccc(F)cc3F)C[C@@H]2C)cc(F)c1F.C[C@H]1Cc2noc(-c3ncccn3)c2CN1C(=O)Nc1ccc(F)c(Cl)c1.Cc1cc(NC(=O)N2Cc3c(noc3-c3ncccn3)C[C@H]2C)ccc1F.[C-]#[N+]c1cc(NC(=O)N2Cc3c(noc3-c3ncccn3)C[C@@H]2C)ccc1F. The lowest BCUT2D eigenvalue weighted by atomic mass is 9.97. The van der Waals surface area contributed by atoms with Crippen LogP contribution in [0, 0.1) is 54.2 Å². The molecule has 8 amide bonds. The molecule has 0 aliphatic carbocycles. The van der Waals surface area contributed by atoms with Crippen molar-refractivity contribution in [3.05, 3.63) is 254 Å². The normalized spacial score (nSPS) is 16.1. The number of carbonyl (C=O) groups is 4. The predicted octanol–water partition coefficient (Wildman–Crippen LogP) is 17.2. The van der Waals surface area contributed by atoms with Gasteiger partial charge in [-0.25, -0.2) is 89.1 Å². The maximum Gasteiger partial charge on any atom is 0.322 e. The zero-order chi connectivity index (χ0) is 80.8. The van der Waals surface area contributed by atoms with Crippen LogP contribution in [0.4, 0.5) is 82.7 Å². The van der Waals surface area contributed by atoms with Gasteiger partial charge in [0.1, 0.15) is 35.3 Å². The summed E-state index contributed by atoms with van der Waals surface area (Å²) in [6.45, 7) is 18.1. The van der Waals surface area contributed by atoms with E-state index in [4.69, 9.17) is 36.3 Å². The number of urea groups is 4. The van der Waals surface area contributed by atoms with Gasteiger partial charge in [-0.15, -0.1) is 0 Å². The van der Waals surface area contributed by atoms with Crippen molar-refractivity contribution in [2.75, 3.05) is 21.3 Å². The van der Waals surface area contributed by atoms with E-state index in [0.29, 0.717) is 113 Å². The number of nitrogens with zero attached hydrogens (tertiary/aromatic N) is 15. The highest BCUT2D eigenvalue weighted by Crippen LogP contribution is 2.38. The van der Waals surface area contributed by atoms with Crippen LogP contribution in [0.5, 0.6) is 0 Å². The van der Waals surface area contributed by atoms with Crippen LogP contribution in [0.15, 0.2) is 158 Å². The quantitative estimate of drug-likeness (QED) is 0.0770. The van der Waals surface area contributed by atoms with Gasteiger partial charge >= 0.3 is 24.1 Å². The fourth-order valence-electron chi connectivity index (χ4n) is 13.0. The lowest BCUT2D eigenvalue weighted by Crippen LogP contribution is -2.44. The molecule has 12 aromatic rings. The smallest absolute Gasteiger partial charge is 0.322 e. The number of amides is 8. The standard InChI is InChI=1S/C22H18F5N3O2.C19H15FN6O2.C19H18FN5O2.C18H15ClFN5O2/c1-10-5-19-16(21(32-29-19)14-4-3-12(24)6-17(14)25)9-30(10)22(31)28-13-7-15(11(2)23)20(27)18(26)8-13;1-11-8-15-13(17(28-25-15)18-22-6-3-7-23-18)10-26(11)19(27)24-12-4-5-14(20)16(9-12)21-2;1-11-8-13(4-5-15(11)20)23-19(26)25-10-14-16(9-12(25)2)24-27-17(14)18-21-6-3-7-22-18;1-10-7-15-12(16(27-24-15)17-21-5-2-6-22-17)9-25(10)18(26)23-11-3-4-14(20)13(19)8-11/h3-4,6-8,10-11H,5,9H2,1-2H3,(H,28,31);3-7,9,11H,8,10H2,1H3,(H,24,27);3-8,12H,9-10H2,1-2H3,(H,23,26);2-6,8,10H,7,9H2,1H3,(H,23,26)/t10-,11?;11-;12-;10-/m0010/s1. The number of hydrogen-bond donors (Lipinski definition) is 4. The summed E-state index contributed by atoms with van der Waals surface area (Å²) in [7, 11) is 0. The Balaban J connectivity index is 0.000000133. The van der Waals surface area contributed by atoms with Crippen molar-refractivity contribution in [3.63, 3.8) is 0 Å². The number of hydrogen-bond acceptors (Lipinski definition) is 18. The largest absolute Gasteiger partial charge is 0.356 e. The van der Waals surface area contributed by atoms with E-state index in [1.807, 2.05) is 20.8 Å². The van der Waals surface area contributed by atoms with Crippen LogP contribution in [0.25, 0.3) is 50.9 Å². The lowest BCUT2D eigenvalue weighted by Gasteiger charge is -2.32. The number of carbonyl (C=O) groups excluding carboxylic acids is 4. The fraction of sp³-hybridized carbons (Fsp3) is 0.244. The molecule has 4 N–H and O–H groups in total. The highest BCUT2D eigenvalue weighted by Gasteiger charge is 2.38. The molecule has 7 aromatic heterocycles. The first kappa shape index (κ1) is 78.6. The topological polar surface area (TPSA) is 315 Å². The molecule has 1 unspecified atom stereocenters. The van der Waals surface area contributed by atoms with Crippen LogP contribution in [-0.2, 0) is 51.9 Å². The van der Waals surface area contributed by atoms with Gasteiger partial charge in [0.2, 0.25) is 23.0 Å². The van der Waals surface area contributed by atoms with Gasteiger partial charge in [-0.2, -0.15) is 0 Å². The fourth-order valence-corrected chi connectivity index (χ4v) is 13.2. The van der Waals surface area contributed by atoms with E-state index in [1.54, 1.807) is 96.1 Å². The summed E-state index contributed by atoms with van der Waals surface area (Å²) in [5.41, 5.74) is 6.74. The molecule has 16 rings (SSSR count).